The van der Waals surface area contributed by atoms with Gasteiger partial charge < -0.3 is 5.73 Å². The van der Waals surface area contributed by atoms with Crippen LogP contribution in [0.5, 0.6) is 0 Å². The molecule has 0 spiro atoms. The highest BCUT2D eigenvalue weighted by molar-refractivity contribution is 7.98. The van der Waals surface area contributed by atoms with Crippen LogP contribution >= 0.6 is 11.8 Å². The quantitative estimate of drug-likeness (QED) is 0.550. The SMILES string of the molecule is CCCCCCCC(CN)N(C)C(C)CCSC. The van der Waals surface area contributed by atoms with Gasteiger partial charge >= 0.3 is 0 Å². The second kappa shape index (κ2) is 12.3. The molecule has 0 aliphatic heterocycles. The van der Waals surface area contributed by atoms with E-state index in [9.17, 15) is 0 Å². The number of unbranched alkanes of at least 4 members (excludes halogenated alkanes) is 4. The van der Waals surface area contributed by atoms with Crippen molar-refractivity contribution in [2.45, 2.75) is 70.9 Å². The molecule has 0 aliphatic rings. The number of rotatable bonds is 12. The first-order valence-electron chi connectivity index (χ1n) is 7.58. The van der Waals surface area contributed by atoms with Crippen LogP contribution in [-0.4, -0.2) is 42.6 Å². The van der Waals surface area contributed by atoms with Crippen molar-refractivity contribution in [3.8, 4) is 0 Å². The van der Waals surface area contributed by atoms with Crippen LogP contribution in [0.25, 0.3) is 0 Å². The lowest BCUT2D eigenvalue weighted by Gasteiger charge is -2.32. The Morgan fingerprint density at radius 3 is 2.33 bits per heavy atom. The van der Waals surface area contributed by atoms with E-state index in [0.29, 0.717) is 12.1 Å². The van der Waals surface area contributed by atoms with Gasteiger partial charge in [0.25, 0.3) is 0 Å². The van der Waals surface area contributed by atoms with Gasteiger partial charge in [0.2, 0.25) is 0 Å². The molecule has 0 saturated heterocycles. The number of thioether (sulfide) groups is 1. The highest BCUT2D eigenvalue weighted by atomic mass is 32.2. The molecular formula is C15H34N2S. The molecule has 3 heteroatoms. The van der Waals surface area contributed by atoms with E-state index in [1.807, 2.05) is 11.8 Å². The minimum atomic E-state index is 0.573. The minimum absolute atomic E-state index is 0.573. The summed E-state index contributed by atoms with van der Waals surface area (Å²) >= 11 is 1.94. The molecule has 0 aromatic rings. The summed E-state index contributed by atoms with van der Waals surface area (Å²) in [6.45, 7) is 5.40. The molecule has 0 heterocycles. The van der Waals surface area contributed by atoms with E-state index < -0.39 is 0 Å². The Kier molecular flexibility index (Phi) is 12.5. The van der Waals surface area contributed by atoms with Crippen molar-refractivity contribution in [3.05, 3.63) is 0 Å². The fourth-order valence-electron chi connectivity index (χ4n) is 2.32. The van der Waals surface area contributed by atoms with Crippen LogP contribution in [0.3, 0.4) is 0 Å². The fraction of sp³-hybridized carbons (Fsp3) is 1.00. The Labute approximate surface area is 119 Å². The predicted octanol–water partition coefficient (Wildman–Crippen LogP) is 3.75. The summed E-state index contributed by atoms with van der Waals surface area (Å²) in [6.07, 6.45) is 11.5. The summed E-state index contributed by atoms with van der Waals surface area (Å²) in [4.78, 5) is 2.50. The van der Waals surface area contributed by atoms with Crippen LogP contribution < -0.4 is 5.73 Å². The van der Waals surface area contributed by atoms with E-state index in [1.165, 1.54) is 50.7 Å². The van der Waals surface area contributed by atoms with Crippen molar-refractivity contribution < 1.29 is 0 Å². The van der Waals surface area contributed by atoms with Crippen LogP contribution in [0.1, 0.15) is 58.8 Å². The van der Waals surface area contributed by atoms with E-state index in [4.69, 9.17) is 5.73 Å². The molecule has 0 saturated carbocycles. The van der Waals surface area contributed by atoms with Gasteiger partial charge in [-0.3, -0.25) is 4.90 Å². The molecule has 2 nitrogen and oxygen atoms in total. The molecular weight excluding hydrogens is 240 g/mol. The molecule has 2 N–H and O–H groups in total. The van der Waals surface area contributed by atoms with Crippen LogP contribution in [0.4, 0.5) is 0 Å². The van der Waals surface area contributed by atoms with Gasteiger partial charge in [-0.05, 0) is 38.8 Å². The van der Waals surface area contributed by atoms with Gasteiger partial charge in [0.1, 0.15) is 0 Å². The van der Waals surface area contributed by atoms with Gasteiger partial charge in [-0.15, -0.1) is 0 Å². The summed E-state index contributed by atoms with van der Waals surface area (Å²) in [5, 5.41) is 0. The molecule has 0 rings (SSSR count). The smallest absolute Gasteiger partial charge is 0.0218 e. The minimum Gasteiger partial charge on any atom is -0.329 e. The number of likely N-dealkylation sites (N-methyl/N-ethyl adjacent to an activating group) is 1. The normalized spacial score (nSPS) is 15.0. The maximum Gasteiger partial charge on any atom is 0.0218 e. The zero-order valence-corrected chi connectivity index (χ0v) is 13.8. The predicted molar refractivity (Wildman–Crippen MR) is 86.4 cm³/mol. The third-order valence-corrected chi connectivity index (χ3v) is 4.57. The van der Waals surface area contributed by atoms with Crippen LogP contribution in [0, 0.1) is 0 Å². The number of hydrogen-bond acceptors (Lipinski definition) is 3. The number of nitrogens with two attached hydrogens (primary N) is 1. The lowest BCUT2D eigenvalue weighted by atomic mass is 10.0. The molecule has 110 valence electrons. The van der Waals surface area contributed by atoms with Gasteiger partial charge in [0, 0.05) is 18.6 Å². The first kappa shape index (κ1) is 18.3. The lowest BCUT2D eigenvalue weighted by Crippen LogP contribution is -2.43. The monoisotopic (exact) mass is 274 g/mol. The molecule has 0 fully saturated rings. The number of nitrogens with zero attached hydrogens (tertiary/aromatic N) is 1. The second-order valence-electron chi connectivity index (χ2n) is 5.39. The van der Waals surface area contributed by atoms with E-state index in [0.717, 1.165) is 6.54 Å². The number of hydrogen-bond donors (Lipinski definition) is 1. The van der Waals surface area contributed by atoms with Gasteiger partial charge in [-0.25, -0.2) is 0 Å². The maximum absolute atomic E-state index is 5.93. The second-order valence-corrected chi connectivity index (χ2v) is 6.37. The van der Waals surface area contributed by atoms with E-state index in [2.05, 4.69) is 32.1 Å². The Bertz CT molecular complexity index is 176. The highest BCUT2D eigenvalue weighted by Gasteiger charge is 2.17. The summed E-state index contributed by atoms with van der Waals surface area (Å²) in [5.41, 5.74) is 5.93. The van der Waals surface area contributed by atoms with Crippen molar-refractivity contribution in [2.24, 2.45) is 5.73 Å². The molecule has 0 aromatic carbocycles. The molecule has 0 bridgehead atoms. The average Bonchev–Trinajstić information content (AvgIpc) is 2.39. The van der Waals surface area contributed by atoms with Gasteiger partial charge in [0.15, 0.2) is 0 Å². The van der Waals surface area contributed by atoms with Gasteiger partial charge in [-0.1, -0.05) is 39.0 Å². The highest BCUT2D eigenvalue weighted by Crippen LogP contribution is 2.14. The molecule has 0 radical (unpaired) electrons. The lowest BCUT2D eigenvalue weighted by molar-refractivity contribution is 0.173. The van der Waals surface area contributed by atoms with E-state index in [-0.39, 0.29) is 0 Å². The Morgan fingerprint density at radius 2 is 1.78 bits per heavy atom. The van der Waals surface area contributed by atoms with Crippen LogP contribution in [0.2, 0.25) is 0 Å². The van der Waals surface area contributed by atoms with Gasteiger partial charge in [0.05, 0.1) is 0 Å². The van der Waals surface area contributed by atoms with Crippen molar-refractivity contribution in [1.82, 2.24) is 4.90 Å². The molecule has 0 aromatic heterocycles. The van der Waals surface area contributed by atoms with Crippen molar-refractivity contribution >= 4 is 11.8 Å². The van der Waals surface area contributed by atoms with Crippen LogP contribution in [-0.2, 0) is 0 Å². The summed E-state index contributed by atoms with van der Waals surface area (Å²) in [7, 11) is 2.24. The summed E-state index contributed by atoms with van der Waals surface area (Å²) < 4.78 is 0. The molecule has 0 amide bonds. The topological polar surface area (TPSA) is 29.3 Å². The largest absolute Gasteiger partial charge is 0.329 e. The fourth-order valence-corrected chi connectivity index (χ4v) is 2.90. The molecule has 18 heavy (non-hydrogen) atoms. The Balaban J connectivity index is 3.83. The van der Waals surface area contributed by atoms with Crippen molar-refractivity contribution in [3.63, 3.8) is 0 Å². The van der Waals surface area contributed by atoms with E-state index in [1.54, 1.807) is 0 Å². The summed E-state index contributed by atoms with van der Waals surface area (Å²) in [6, 6.07) is 1.23. The zero-order valence-electron chi connectivity index (χ0n) is 13.0. The van der Waals surface area contributed by atoms with E-state index >= 15 is 0 Å². The maximum atomic E-state index is 5.93. The summed E-state index contributed by atoms with van der Waals surface area (Å²) in [5.74, 6) is 1.25. The van der Waals surface area contributed by atoms with Crippen LogP contribution in [0.15, 0.2) is 0 Å². The molecule has 2 unspecified atom stereocenters. The first-order chi connectivity index (χ1) is 8.67. The standard InChI is InChI=1S/C15H34N2S/c1-5-6-7-8-9-10-15(13-16)17(3)14(2)11-12-18-4/h14-15H,5-13,16H2,1-4H3. The third kappa shape index (κ3) is 8.39. The average molecular weight is 275 g/mol. The third-order valence-electron chi connectivity index (χ3n) is 3.92. The van der Waals surface area contributed by atoms with Crippen molar-refractivity contribution in [1.29, 1.82) is 0 Å². The van der Waals surface area contributed by atoms with Gasteiger partial charge in [-0.2, -0.15) is 11.8 Å². The zero-order chi connectivity index (χ0) is 13.8. The Morgan fingerprint density at radius 1 is 1.11 bits per heavy atom. The first-order valence-corrected chi connectivity index (χ1v) is 8.97. The molecule has 0 aliphatic carbocycles. The van der Waals surface area contributed by atoms with Crippen molar-refractivity contribution in [2.75, 3.05) is 25.6 Å². The molecule has 2 atom stereocenters. The Hall–Kier alpha value is 0.270.